The van der Waals surface area contributed by atoms with E-state index in [0.29, 0.717) is 42.1 Å². The van der Waals surface area contributed by atoms with E-state index in [1.165, 1.54) is 10.0 Å². The van der Waals surface area contributed by atoms with Crippen LogP contribution in [-0.4, -0.2) is 39.1 Å². The molecule has 1 amide bonds. The Morgan fingerprint density at radius 3 is 2.72 bits per heavy atom. The first kappa shape index (κ1) is 22.5. The van der Waals surface area contributed by atoms with Crippen LogP contribution in [0.2, 0.25) is 0 Å². The van der Waals surface area contributed by atoms with Gasteiger partial charge in [0, 0.05) is 30.0 Å². The summed E-state index contributed by atoms with van der Waals surface area (Å²) >= 11 is 6.13. The van der Waals surface area contributed by atoms with Crippen molar-refractivity contribution in [1.29, 1.82) is 0 Å². The number of aromatic nitrogens is 2. The number of hydrogen-bond donors (Lipinski definition) is 4. The molecule has 1 aromatic rings. The summed E-state index contributed by atoms with van der Waals surface area (Å²) in [6.45, 7) is 1.93. The van der Waals surface area contributed by atoms with Crippen LogP contribution in [0, 0.1) is 5.82 Å². The van der Waals surface area contributed by atoms with Crippen LogP contribution in [0.15, 0.2) is 35.3 Å². The van der Waals surface area contributed by atoms with Crippen molar-refractivity contribution < 1.29 is 9.18 Å². The minimum Gasteiger partial charge on any atom is -0.367 e. The maximum atomic E-state index is 14.8. The Labute approximate surface area is 191 Å². The number of halogens is 2. The number of allylic oxidation sites excluding steroid dienone is 2. The first-order valence-corrected chi connectivity index (χ1v) is 11.2. The Balaban J connectivity index is 1.62. The lowest BCUT2D eigenvalue weighted by molar-refractivity contribution is -0.135. The average molecular weight is 463 g/mol. The molecule has 2 aliphatic heterocycles. The number of nitrogens with zero attached hydrogens (tertiary/aromatic N) is 4. The molecule has 9 nitrogen and oxygen atoms in total. The van der Waals surface area contributed by atoms with Crippen LogP contribution in [-0.2, 0) is 4.79 Å². The summed E-state index contributed by atoms with van der Waals surface area (Å²) in [6, 6.07) is -0.681. The summed E-state index contributed by atoms with van der Waals surface area (Å²) in [5, 5.41) is 9.43. The Morgan fingerprint density at radius 2 is 1.97 bits per heavy atom. The molecule has 0 bridgehead atoms. The zero-order valence-electron chi connectivity index (χ0n) is 17.9. The van der Waals surface area contributed by atoms with Crippen LogP contribution >= 0.6 is 11.6 Å². The smallest absolute Gasteiger partial charge is 0.236 e. The van der Waals surface area contributed by atoms with E-state index in [1.807, 2.05) is 13.0 Å². The molecule has 3 heterocycles. The van der Waals surface area contributed by atoms with E-state index in [1.54, 1.807) is 12.4 Å². The minimum atomic E-state index is -0.638. The van der Waals surface area contributed by atoms with Gasteiger partial charge in [-0.1, -0.05) is 31.4 Å². The third kappa shape index (κ3) is 4.30. The summed E-state index contributed by atoms with van der Waals surface area (Å²) in [5.74, 6) is 12.1. The number of carbonyl (C=O) groups excluding carboxylic acids is 1. The van der Waals surface area contributed by atoms with Crippen LogP contribution < -0.4 is 27.3 Å². The number of hydrogen-bond acceptors (Lipinski definition) is 8. The van der Waals surface area contributed by atoms with Gasteiger partial charge in [0.25, 0.3) is 0 Å². The van der Waals surface area contributed by atoms with Gasteiger partial charge in [-0.05, 0) is 25.3 Å². The highest BCUT2D eigenvalue weighted by atomic mass is 35.5. The number of anilines is 1. The highest BCUT2D eigenvalue weighted by Crippen LogP contribution is 2.33. The van der Waals surface area contributed by atoms with Crippen molar-refractivity contribution in [3.63, 3.8) is 0 Å². The summed E-state index contributed by atoms with van der Waals surface area (Å²) in [4.78, 5) is 21.0. The first-order chi connectivity index (χ1) is 15.4. The monoisotopic (exact) mass is 462 g/mol. The van der Waals surface area contributed by atoms with Gasteiger partial charge < -0.3 is 10.6 Å². The molecule has 1 aliphatic carbocycles. The molecule has 1 aromatic heterocycles. The molecule has 3 atom stereocenters. The zero-order valence-corrected chi connectivity index (χ0v) is 18.6. The number of nitrogens with two attached hydrogens (primary N) is 2. The van der Waals surface area contributed by atoms with Crippen molar-refractivity contribution in [1.82, 2.24) is 25.6 Å². The van der Waals surface area contributed by atoms with Gasteiger partial charge in [0.05, 0.1) is 23.3 Å². The van der Waals surface area contributed by atoms with Crippen LogP contribution in [0.1, 0.15) is 51.3 Å². The van der Waals surface area contributed by atoms with Crippen molar-refractivity contribution in [2.24, 2.45) is 11.7 Å². The molecule has 1 fully saturated rings. The van der Waals surface area contributed by atoms with E-state index < -0.39 is 5.82 Å². The van der Waals surface area contributed by atoms with Crippen molar-refractivity contribution in [2.45, 2.75) is 63.7 Å². The van der Waals surface area contributed by atoms with E-state index in [9.17, 15) is 9.18 Å². The summed E-state index contributed by atoms with van der Waals surface area (Å²) in [6.07, 6.45) is 10.5. The third-order valence-electron chi connectivity index (χ3n) is 6.07. The van der Waals surface area contributed by atoms with Crippen LogP contribution in [0.5, 0.6) is 0 Å². The Kier molecular flexibility index (Phi) is 6.63. The maximum Gasteiger partial charge on any atom is 0.236 e. The fourth-order valence-electron chi connectivity index (χ4n) is 4.44. The van der Waals surface area contributed by atoms with Gasteiger partial charge in [0.2, 0.25) is 5.91 Å². The molecule has 172 valence electrons. The second kappa shape index (κ2) is 9.43. The molecule has 11 heteroatoms. The van der Waals surface area contributed by atoms with Crippen molar-refractivity contribution >= 4 is 28.9 Å². The number of dihydropyridines is 1. The summed E-state index contributed by atoms with van der Waals surface area (Å²) in [7, 11) is 0. The van der Waals surface area contributed by atoms with Crippen LogP contribution in [0.3, 0.4) is 0 Å². The van der Waals surface area contributed by atoms with Crippen molar-refractivity contribution in [3.05, 3.63) is 46.9 Å². The van der Waals surface area contributed by atoms with Crippen molar-refractivity contribution in [2.75, 3.05) is 5.01 Å². The van der Waals surface area contributed by atoms with E-state index >= 15 is 0 Å². The number of rotatable bonds is 6. The number of nitrogens with one attached hydrogen (secondary N) is 2. The molecular formula is C21H28ClFN8O. The van der Waals surface area contributed by atoms with Gasteiger partial charge >= 0.3 is 0 Å². The molecule has 4 rings (SSSR count). The average Bonchev–Trinajstić information content (AvgIpc) is 3.21. The summed E-state index contributed by atoms with van der Waals surface area (Å²) in [5.41, 5.74) is 1.55. The first-order valence-electron chi connectivity index (χ1n) is 10.8. The van der Waals surface area contributed by atoms with E-state index in [2.05, 4.69) is 20.6 Å². The Hall–Kier alpha value is -2.69. The fourth-order valence-corrected chi connectivity index (χ4v) is 4.62. The normalized spacial score (nSPS) is 24.4. The SMILES string of the molecule is CCCC(=O)N(N)[C@@H]1CCCC[C@H]1N(N)c1nc(C2=CNC3NC=C(Cl)C=C23)ncc1F. The molecule has 3 aliphatic rings. The molecule has 0 radical (unpaired) electrons. The maximum absolute atomic E-state index is 14.8. The molecule has 6 N–H and O–H groups in total. The van der Waals surface area contributed by atoms with Crippen molar-refractivity contribution in [3.8, 4) is 0 Å². The van der Waals surface area contributed by atoms with Gasteiger partial charge in [-0.15, -0.1) is 0 Å². The van der Waals surface area contributed by atoms with Gasteiger partial charge in [0.15, 0.2) is 17.5 Å². The second-order valence-corrected chi connectivity index (χ2v) is 8.63. The van der Waals surface area contributed by atoms with Gasteiger partial charge in [-0.25, -0.2) is 26.0 Å². The lowest BCUT2D eigenvalue weighted by Gasteiger charge is -2.41. The molecule has 0 aromatic carbocycles. The number of hydrazine groups is 2. The predicted molar refractivity (Wildman–Crippen MR) is 121 cm³/mol. The Morgan fingerprint density at radius 1 is 1.25 bits per heavy atom. The number of fused-ring (bicyclic) bond motifs is 1. The molecule has 1 unspecified atom stereocenters. The Bertz CT molecular complexity index is 981. The second-order valence-electron chi connectivity index (χ2n) is 8.20. The zero-order chi connectivity index (χ0) is 22.8. The van der Waals surface area contributed by atoms with Gasteiger partial charge in [-0.2, -0.15) is 0 Å². The van der Waals surface area contributed by atoms with Crippen LogP contribution in [0.25, 0.3) is 5.57 Å². The topological polar surface area (TPSA) is 125 Å². The largest absolute Gasteiger partial charge is 0.367 e. The van der Waals surface area contributed by atoms with E-state index in [-0.39, 0.29) is 30.0 Å². The standard InChI is InChI=1S/C21H28ClFN8O/c1-2-5-18(32)30(24)16-6-3-4-7-17(16)31(25)21-15(23)11-28-20(29-21)14-10-27-19-13(14)8-12(22)9-26-19/h8-11,16-17,19,26-27H,2-7,24-25H2,1H3/t16-,17-,19?/m1/s1. The molecule has 0 saturated heterocycles. The van der Waals surface area contributed by atoms with E-state index in [0.717, 1.165) is 24.6 Å². The van der Waals surface area contributed by atoms with E-state index in [4.69, 9.17) is 23.3 Å². The predicted octanol–water partition coefficient (Wildman–Crippen LogP) is 1.99. The lowest BCUT2D eigenvalue weighted by atomic mass is 9.89. The highest BCUT2D eigenvalue weighted by Gasteiger charge is 2.36. The minimum absolute atomic E-state index is 0.0291. The van der Waals surface area contributed by atoms with Gasteiger partial charge in [-0.3, -0.25) is 14.8 Å². The third-order valence-corrected chi connectivity index (χ3v) is 6.29. The number of carbonyl (C=O) groups is 1. The lowest BCUT2D eigenvalue weighted by Crippen LogP contribution is -2.60. The molecule has 32 heavy (non-hydrogen) atoms. The molecule has 1 saturated carbocycles. The fraction of sp³-hybridized carbons (Fsp3) is 0.476. The van der Waals surface area contributed by atoms with Crippen LogP contribution in [0.4, 0.5) is 10.2 Å². The molecule has 0 spiro atoms. The highest BCUT2D eigenvalue weighted by molar-refractivity contribution is 6.31. The molecular weight excluding hydrogens is 435 g/mol. The summed E-state index contributed by atoms with van der Waals surface area (Å²) < 4.78 is 14.8. The quantitative estimate of drug-likeness (QED) is 0.287. The van der Waals surface area contributed by atoms with Gasteiger partial charge in [0.1, 0.15) is 6.17 Å². The number of amides is 1.